The van der Waals surface area contributed by atoms with E-state index in [2.05, 4.69) is 18.7 Å². The van der Waals surface area contributed by atoms with E-state index in [9.17, 15) is 0 Å². The molecule has 0 fully saturated rings. The Kier molecular flexibility index (Phi) is 4.56. The number of amidine groups is 1. The van der Waals surface area contributed by atoms with Crippen LogP contribution in [0.5, 0.6) is 0 Å². The number of fused-ring (bicyclic) bond motifs is 1. The van der Waals surface area contributed by atoms with E-state index in [1.54, 1.807) is 0 Å². The molecule has 0 bridgehead atoms. The van der Waals surface area contributed by atoms with Crippen molar-refractivity contribution >= 4 is 22.6 Å². The minimum atomic E-state index is 0.0952. The first kappa shape index (κ1) is 14.3. The number of anilines is 1. The first-order valence-corrected chi connectivity index (χ1v) is 7.16. The first-order chi connectivity index (χ1) is 9.67. The van der Waals surface area contributed by atoms with Gasteiger partial charge in [0.2, 0.25) is 0 Å². The van der Waals surface area contributed by atoms with Crippen LogP contribution in [0.25, 0.3) is 10.9 Å². The molecule has 0 saturated heterocycles. The predicted molar refractivity (Wildman–Crippen MR) is 85.6 cm³/mol. The Labute approximate surface area is 120 Å². The third-order valence-corrected chi connectivity index (χ3v) is 3.30. The number of hydrogen-bond donors (Lipinski definition) is 2. The number of pyridine rings is 1. The molecule has 20 heavy (non-hydrogen) atoms. The van der Waals surface area contributed by atoms with Crippen molar-refractivity contribution in [3.05, 3.63) is 35.9 Å². The summed E-state index contributed by atoms with van der Waals surface area (Å²) in [6.07, 6.45) is 2.15. The Bertz CT molecular complexity index is 600. The molecule has 4 nitrogen and oxygen atoms in total. The Morgan fingerprint density at radius 1 is 1.20 bits per heavy atom. The fourth-order valence-electron chi connectivity index (χ4n) is 2.43. The maximum atomic E-state index is 7.79. The molecule has 1 aromatic heterocycles. The van der Waals surface area contributed by atoms with Crippen molar-refractivity contribution in [2.24, 2.45) is 5.73 Å². The van der Waals surface area contributed by atoms with E-state index in [0.29, 0.717) is 0 Å². The van der Waals surface area contributed by atoms with Gasteiger partial charge in [-0.1, -0.05) is 32.0 Å². The Morgan fingerprint density at radius 2 is 1.85 bits per heavy atom. The fourth-order valence-corrected chi connectivity index (χ4v) is 2.43. The number of nitrogens with two attached hydrogens (primary N) is 1. The van der Waals surface area contributed by atoms with E-state index in [0.717, 1.165) is 48.2 Å². The van der Waals surface area contributed by atoms with Gasteiger partial charge in [0.15, 0.2) is 0 Å². The molecule has 0 atom stereocenters. The third-order valence-electron chi connectivity index (χ3n) is 3.30. The largest absolute Gasteiger partial charge is 0.384 e. The van der Waals surface area contributed by atoms with Gasteiger partial charge in [-0.2, -0.15) is 0 Å². The van der Waals surface area contributed by atoms with Gasteiger partial charge in [-0.3, -0.25) is 5.41 Å². The standard InChI is InChI=1S/C16H22N4/c1-3-9-20(10-4-2)15-11-13(16(17)18)12-7-5-6-8-14(12)19-15/h5-8,11H,3-4,9-10H2,1-2H3,(H3,17,18). The van der Waals surface area contributed by atoms with Crippen LogP contribution in [0.2, 0.25) is 0 Å². The molecule has 0 amide bonds. The predicted octanol–water partition coefficient (Wildman–Crippen LogP) is 3.15. The Morgan fingerprint density at radius 3 is 2.45 bits per heavy atom. The monoisotopic (exact) mass is 270 g/mol. The van der Waals surface area contributed by atoms with Crippen LogP contribution >= 0.6 is 0 Å². The number of nitrogen functional groups attached to an aromatic ring is 1. The summed E-state index contributed by atoms with van der Waals surface area (Å²) in [6, 6.07) is 9.79. The van der Waals surface area contributed by atoms with Gasteiger partial charge in [0.05, 0.1) is 5.52 Å². The summed E-state index contributed by atoms with van der Waals surface area (Å²) < 4.78 is 0. The third kappa shape index (κ3) is 2.90. The number of hydrogen-bond acceptors (Lipinski definition) is 3. The van der Waals surface area contributed by atoms with Gasteiger partial charge >= 0.3 is 0 Å². The van der Waals surface area contributed by atoms with Crippen LogP contribution in [-0.2, 0) is 0 Å². The van der Waals surface area contributed by atoms with Crippen LogP contribution in [0.3, 0.4) is 0 Å². The van der Waals surface area contributed by atoms with Gasteiger partial charge < -0.3 is 10.6 Å². The van der Waals surface area contributed by atoms with Gasteiger partial charge in [-0.25, -0.2) is 4.98 Å². The summed E-state index contributed by atoms with van der Waals surface area (Å²) >= 11 is 0. The smallest absolute Gasteiger partial charge is 0.129 e. The molecule has 0 aliphatic carbocycles. The Hall–Kier alpha value is -2.10. The zero-order chi connectivity index (χ0) is 14.5. The number of nitrogens with zero attached hydrogens (tertiary/aromatic N) is 2. The zero-order valence-corrected chi connectivity index (χ0v) is 12.2. The average molecular weight is 270 g/mol. The number of benzene rings is 1. The van der Waals surface area contributed by atoms with Crippen molar-refractivity contribution in [2.45, 2.75) is 26.7 Å². The summed E-state index contributed by atoms with van der Waals surface area (Å²) in [6.45, 7) is 6.26. The van der Waals surface area contributed by atoms with Gasteiger partial charge in [0, 0.05) is 24.0 Å². The van der Waals surface area contributed by atoms with Crippen LogP contribution in [0, 0.1) is 5.41 Å². The van der Waals surface area contributed by atoms with Crippen molar-refractivity contribution in [2.75, 3.05) is 18.0 Å². The lowest BCUT2D eigenvalue weighted by molar-refractivity contribution is 0.736. The van der Waals surface area contributed by atoms with E-state index in [1.165, 1.54) is 0 Å². The molecule has 0 radical (unpaired) electrons. The van der Waals surface area contributed by atoms with Crippen LogP contribution in [0.4, 0.5) is 5.82 Å². The molecule has 0 aliphatic rings. The highest BCUT2D eigenvalue weighted by Crippen LogP contribution is 2.23. The minimum Gasteiger partial charge on any atom is -0.384 e. The molecule has 106 valence electrons. The molecule has 3 N–H and O–H groups in total. The highest BCUT2D eigenvalue weighted by Gasteiger charge is 2.12. The molecule has 0 aliphatic heterocycles. The first-order valence-electron chi connectivity index (χ1n) is 7.16. The summed E-state index contributed by atoms with van der Waals surface area (Å²) in [4.78, 5) is 6.99. The molecule has 1 aromatic carbocycles. The normalized spacial score (nSPS) is 10.7. The molecule has 4 heteroatoms. The highest BCUT2D eigenvalue weighted by atomic mass is 15.2. The maximum absolute atomic E-state index is 7.79. The van der Waals surface area contributed by atoms with E-state index in [-0.39, 0.29) is 5.84 Å². The van der Waals surface area contributed by atoms with Crippen LogP contribution in [-0.4, -0.2) is 23.9 Å². The van der Waals surface area contributed by atoms with Gasteiger partial charge in [-0.05, 0) is 25.0 Å². The zero-order valence-electron chi connectivity index (χ0n) is 12.2. The molecular formula is C16H22N4. The molecule has 0 saturated carbocycles. The van der Waals surface area contributed by atoms with Gasteiger partial charge in [0.1, 0.15) is 11.7 Å². The summed E-state index contributed by atoms with van der Waals surface area (Å²) in [7, 11) is 0. The van der Waals surface area contributed by atoms with Gasteiger partial charge in [0.25, 0.3) is 0 Å². The van der Waals surface area contributed by atoms with Gasteiger partial charge in [-0.15, -0.1) is 0 Å². The number of aromatic nitrogens is 1. The summed E-state index contributed by atoms with van der Waals surface area (Å²) in [5, 5.41) is 8.73. The molecule has 1 heterocycles. The highest BCUT2D eigenvalue weighted by molar-refractivity contribution is 6.07. The van der Waals surface area contributed by atoms with E-state index in [4.69, 9.17) is 16.1 Å². The van der Waals surface area contributed by atoms with Crippen molar-refractivity contribution < 1.29 is 0 Å². The number of para-hydroxylation sites is 1. The lowest BCUT2D eigenvalue weighted by Crippen LogP contribution is -2.26. The van der Waals surface area contributed by atoms with E-state index >= 15 is 0 Å². The van der Waals surface area contributed by atoms with Crippen molar-refractivity contribution in [1.29, 1.82) is 5.41 Å². The number of rotatable bonds is 6. The average Bonchev–Trinajstić information content (AvgIpc) is 2.45. The number of nitrogens with one attached hydrogen (secondary N) is 1. The van der Waals surface area contributed by atoms with Crippen LogP contribution in [0.1, 0.15) is 32.3 Å². The van der Waals surface area contributed by atoms with E-state index < -0.39 is 0 Å². The van der Waals surface area contributed by atoms with Crippen LogP contribution in [0.15, 0.2) is 30.3 Å². The van der Waals surface area contributed by atoms with Crippen molar-refractivity contribution in [3.63, 3.8) is 0 Å². The maximum Gasteiger partial charge on any atom is 0.129 e. The van der Waals surface area contributed by atoms with Crippen LogP contribution < -0.4 is 10.6 Å². The second-order valence-corrected chi connectivity index (χ2v) is 4.95. The lowest BCUT2D eigenvalue weighted by Gasteiger charge is -2.23. The molecule has 2 aromatic rings. The van der Waals surface area contributed by atoms with Crippen molar-refractivity contribution in [3.8, 4) is 0 Å². The topological polar surface area (TPSA) is 66.0 Å². The molecule has 2 rings (SSSR count). The minimum absolute atomic E-state index is 0.0952. The molecule has 0 unspecified atom stereocenters. The second-order valence-electron chi connectivity index (χ2n) is 4.95. The summed E-state index contributed by atoms with van der Waals surface area (Å²) in [5.41, 5.74) is 7.40. The second kappa shape index (κ2) is 6.37. The Balaban J connectivity index is 2.56. The fraction of sp³-hybridized carbons (Fsp3) is 0.375. The van der Waals surface area contributed by atoms with Crippen molar-refractivity contribution in [1.82, 2.24) is 4.98 Å². The molecular weight excluding hydrogens is 248 g/mol. The lowest BCUT2D eigenvalue weighted by atomic mass is 10.1. The quantitative estimate of drug-likeness (QED) is 0.626. The molecule has 0 spiro atoms. The SMILES string of the molecule is CCCN(CCC)c1cc(C(=N)N)c2ccccc2n1. The van der Waals surface area contributed by atoms with E-state index in [1.807, 2.05) is 30.3 Å². The summed E-state index contributed by atoms with van der Waals surface area (Å²) in [5.74, 6) is 1.01.